The Bertz CT molecular complexity index is 723. The van der Waals surface area contributed by atoms with Crippen molar-refractivity contribution in [3.63, 3.8) is 0 Å². The monoisotopic (exact) mass is 309 g/mol. The lowest BCUT2D eigenvalue weighted by atomic mass is 10.1. The van der Waals surface area contributed by atoms with Crippen molar-refractivity contribution in [3.8, 4) is 0 Å². The summed E-state index contributed by atoms with van der Waals surface area (Å²) < 4.78 is 32.6. The van der Waals surface area contributed by atoms with Gasteiger partial charge in [-0.1, -0.05) is 19.1 Å². The third-order valence-electron chi connectivity index (χ3n) is 3.27. The van der Waals surface area contributed by atoms with Crippen LogP contribution < -0.4 is 10.5 Å². The summed E-state index contributed by atoms with van der Waals surface area (Å²) in [6, 6.07) is 5.06. The largest absolute Gasteiger partial charge is 0.444 e. The molecule has 0 amide bonds. The Labute approximate surface area is 124 Å². The number of benzene rings is 1. The van der Waals surface area contributed by atoms with Gasteiger partial charge in [0.1, 0.15) is 5.76 Å². The van der Waals surface area contributed by atoms with Crippen molar-refractivity contribution in [2.45, 2.75) is 38.3 Å². The fourth-order valence-electron chi connectivity index (χ4n) is 2.00. The van der Waals surface area contributed by atoms with E-state index in [2.05, 4.69) is 9.71 Å². The van der Waals surface area contributed by atoms with Crippen molar-refractivity contribution >= 4 is 10.0 Å². The molecule has 0 aliphatic heterocycles. The minimum Gasteiger partial charge on any atom is -0.444 e. The molecule has 1 aromatic heterocycles. The second-order valence-corrected chi connectivity index (χ2v) is 6.38. The first-order chi connectivity index (χ1) is 9.97. The molecular weight excluding hydrogens is 290 g/mol. The van der Waals surface area contributed by atoms with E-state index in [1.165, 1.54) is 0 Å². The number of aromatic nitrogens is 1. The summed E-state index contributed by atoms with van der Waals surface area (Å²) in [7, 11) is -3.62. The molecule has 0 radical (unpaired) electrons. The smallest absolute Gasteiger partial charge is 0.241 e. The van der Waals surface area contributed by atoms with Gasteiger partial charge < -0.3 is 10.2 Å². The zero-order valence-corrected chi connectivity index (χ0v) is 12.9. The zero-order valence-electron chi connectivity index (χ0n) is 12.1. The normalized spacial score (nSPS) is 11.8. The summed E-state index contributed by atoms with van der Waals surface area (Å²) in [6.45, 7) is 4.01. The molecule has 1 aromatic carbocycles. The van der Waals surface area contributed by atoms with Crippen LogP contribution in [0.1, 0.15) is 29.7 Å². The Kier molecular flexibility index (Phi) is 4.76. The summed E-state index contributed by atoms with van der Waals surface area (Å²) in [6.07, 6.45) is 2.32. The van der Waals surface area contributed by atoms with Gasteiger partial charge in [-0.2, -0.15) is 0 Å². The number of oxazole rings is 1. The van der Waals surface area contributed by atoms with Gasteiger partial charge in [0.2, 0.25) is 15.9 Å². The van der Waals surface area contributed by atoms with Crippen molar-refractivity contribution in [2.75, 3.05) is 0 Å². The van der Waals surface area contributed by atoms with E-state index in [0.717, 1.165) is 17.7 Å². The second-order valence-electron chi connectivity index (χ2n) is 4.64. The van der Waals surface area contributed by atoms with Crippen molar-refractivity contribution in [3.05, 3.63) is 47.2 Å². The molecule has 6 nitrogen and oxygen atoms in total. The van der Waals surface area contributed by atoms with Crippen LogP contribution in [0, 0.1) is 6.92 Å². The van der Waals surface area contributed by atoms with Gasteiger partial charge in [-0.3, -0.25) is 0 Å². The molecule has 0 bridgehead atoms. The quantitative estimate of drug-likeness (QED) is 0.842. The molecule has 0 saturated heterocycles. The van der Waals surface area contributed by atoms with Crippen LogP contribution in [0.15, 0.2) is 33.7 Å². The highest BCUT2D eigenvalue weighted by Crippen LogP contribution is 2.18. The number of sulfonamides is 1. The standard InChI is InChI=1S/C14H19N3O3S/c1-3-12-8-16-14(20-12)9-17-21(18,19)13-6-4-5-11(7-15)10(13)2/h4-6,8,17H,3,7,9,15H2,1-2H3. The van der Waals surface area contributed by atoms with E-state index < -0.39 is 10.0 Å². The van der Waals surface area contributed by atoms with Gasteiger partial charge >= 0.3 is 0 Å². The molecule has 2 rings (SSSR count). The van der Waals surface area contributed by atoms with Crippen LogP contribution >= 0.6 is 0 Å². The summed E-state index contributed by atoms with van der Waals surface area (Å²) in [4.78, 5) is 4.26. The Balaban J connectivity index is 2.18. The summed E-state index contributed by atoms with van der Waals surface area (Å²) in [5.41, 5.74) is 7.07. The Morgan fingerprint density at radius 1 is 1.38 bits per heavy atom. The molecule has 3 N–H and O–H groups in total. The van der Waals surface area contributed by atoms with Crippen LogP contribution in [0.5, 0.6) is 0 Å². The van der Waals surface area contributed by atoms with Crippen LogP contribution in [0.3, 0.4) is 0 Å². The van der Waals surface area contributed by atoms with E-state index in [9.17, 15) is 8.42 Å². The number of hydrogen-bond donors (Lipinski definition) is 2. The number of nitrogens with two attached hydrogens (primary N) is 1. The summed E-state index contributed by atoms with van der Waals surface area (Å²) in [5.74, 6) is 1.08. The van der Waals surface area contributed by atoms with Crippen molar-refractivity contribution in [1.82, 2.24) is 9.71 Å². The molecule has 2 aromatic rings. The third kappa shape index (κ3) is 3.49. The van der Waals surface area contributed by atoms with Crippen LogP contribution in [0.2, 0.25) is 0 Å². The maximum atomic E-state index is 12.3. The highest BCUT2D eigenvalue weighted by atomic mass is 32.2. The number of aryl methyl sites for hydroxylation is 1. The molecule has 0 unspecified atom stereocenters. The van der Waals surface area contributed by atoms with E-state index >= 15 is 0 Å². The SMILES string of the molecule is CCc1cnc(CNS(=O)(=O)c2cccc(CN)c2C)o1. The predicted octanol–water partition coefficient (Wildman–Crippen LogP) is 1.48. The van der Waals surface area contributed by atoms with Crippen LogP contribution in [-0.4, -0.2) is 13.4 Å². The van der Waals surface area contributed by atoms with Gasteiger partial charge in [0.05, 0.1) is 17.6 Å². The topological polar surface area (TPSA) is 98.2 Å². The molecule has 0 saturated carbocycles. The van der Waals surface area contributed by atoms with Gasteiger partial charge in [-0.25, -0.2) is 18.1 Å². The summed E-state index contributed by atoms with van der Waals surface area (Å²) in [5, 5.41) is 0. The molecule has 0 spiro atoms. The predicted molar refractivity (Wildman–Crippen MR) is 79.0 cm³/mol. The lowest BCUT2D eigenvalue weighted by molar-refractivity contribution is 0.452. The highest BCUT2D eigenvalue weighted by Gasteiger charge is 2.18. The number of rotatable bonds is 6. The highest BCUT2D eigenvalue weighted by molar-refractivity contribution is 7.89. The molecule has 114 valence electrons. The van der Waals surface area contributed by atoms with E-state index in [0.29, 0.717) is 18.0 Å². The van der Waals surface area contributed by atoms with E-state index in [-0.39, 0.29) is 11.4 Å². The van der Waals surface area contributed by atoms with Gasteiger partial charge in [0, 0.05) is 13.0 Å². The van der Waals surface area contributed by atoms with E-state index in [1.807, 2.05) is 13.0 Å². The number of hydrogen-bond acceptors (Lipinski definition) is 5. The Hall–Kier alpha value is -1.70. The fraction of sp³-hybridized carbons (Fsp3) is 0.357. The maximum Gasteiger partial charge on any atom is 0.241 e. The molecule has 7 heteroatoms. The Morgan fingerprint density at radius 3 is 2.76 bits per heavy atom. The minimum absolute atomic E-state index is 0.0224. The lowest BCUT2D eigenvalue weighted by Crippen LogP contribution is -2.24. The molecular formula is C14H19N3O3S. The van der Waals surface area contributed by atoms with Gasteiger partial charge in [0.25, 0.3) is 0 Å². The molecule has 1 heterocycles. The molecule has 0 atom stereocenters. The minimum atomic E-state index is -3.62. The zero-order chi connectivity index (χ0) is 15.5. The first-order valence-electron chi connectivity index (χ1n) is 6.69. The van der Waals surface area contributed by atoms with Gasteiger partial charge in [-0.05, 0) is 24.1 Å². The molecule has 0 fully saturated rings. The fourth-order valence-corrected chi connectivity index (χ4v) is 3.26. The molecule has 0 aliphatic rings. The van der Waals surface area contributed by atoms with Crippen molar-refractivity contribution in [1.29, 1.82) is 0 Å². The maximum absolute atomic E-state index is 12.3. The van der Waals surface area contributed by atoms with Gasteiger partial charge in [-0.15, -0.1) is 0 Å². The first-order valence-corrected chi connectivity index (χ1v) is 8.18. The first kappa shape index (κ1) is 15.7. The number of nitrogens with zero attached hydrogens (tertiary/aromatic N) is 1. The van der Waals surface area contributed by atoms with Gasteiger partial charge in [0.15, 0.2) is 0 Å². The van der Waals surface area contributed by atoms with E-state index in [1.54, 1.807) is 25.3 Å². The summed E-state index contributed by atoms with van der Waals surface area (Å²) >= 11 is 0. The van der Waals surface area contributed by atoms with Crippen LogP contribution in [-0.2, 0) is 29.5 Å². The van der Waals surface area contributed by atoms with Crippen LogP contribution in [0.25, 0.3) is 0 Å². The van der Waals surface area contributed by atoms with Crippen molar-refractivity contribution < 1.29 is 12.8 Å². The third-order valence-corrected chi connectivity index (χ3v) is 4.81. The molecule has 0 aliphatic carbocycles. The average Bonchev–Trinajstić information content (AvgIpc) is 2.93. The number of nitrogens with one attached hydrogen (secondary N) is 1. The molecule has 21 heavy (non-hydrogen) atoms. The Morgan fingerprint density at radius 2 is 2.14 bits per heavy atom. The lowest BCUT2D eigenvalue weighted by Gasteiger charge is -2.11. The van der Waals surface area contributed by atoms with Crippen molar-refractivity contribution in [2.24, 2.45) is 5.73 Å². The second kappa shape index (κ2) is 6.38. The average molecular weight is 309 g/mol. The van der Waals surface area contributed by atoms with E-state index in [4.69, 9.17) is 10.2 Å². The van der Waals surface area contributed by atoms with Crippen LogP contribution in [0.4, 0.5) is 0 Å².